The van der Waals surface area contributed by atoms with Crippen molar-refractivity contribution in [2.24, 2.45) is 0 Å². The fourth-order valence-electron chi connectivity index (χ4n) is 4.24. The zero-order chi connectivity index (χ0) is 27.0. The van der Waals surface area contributed by atoms with E-state index >= 15 is 0 Å². The number of hydrazine groups is 1. The monoisotopic (exact) mass is 536 g/mol. The molecule has 2 aliphatic heterocycles. The first kappa shape index (κ1) is 27.1. The minimum atomic E-state index is -5.00. The zero-order valence-corrected chi connectivity index (χ0v) is 19.3. The van der Waals surface area contributed by atoms with Crippen LogP contribution in [0.5, 0.6) is 0 Å². The molecule has 0 bridgehead atoms. The summed E-state index contributed by atoms with van der Waals surface area (Å²) in [6.07, 6.45) is -12.9. The normalized spacial score (nSPS) is 24.0. The van der Waals surface area contributed by atoms with Gasteiger partial charge in [0.05, 0.1) is 29.9 Å². The molecule has 0 spiro atoms. The maximum Gasteiger partial charge on any atom is 0.416 e. The van der Waals surface area contributed by atoms with E-state index in [0.29, 0.717) is 24.2 Å². The first-order valence-corrected chi connectivity index (χ1v) is 11.2. The molecule has 14 heteroatoms. The van der Waals surface area contributed by atoms with Gasteiger partial charge in [-0.05, 0) is 48.4 Å². The smallest absolute Gasteiger partial charge is 0.349 e. The zero-order valence-electron chi connectivity index (χ0n) is 19.3. The summed E-state index contributed by atoms with van der Waals surface area (Å²) in [6.45, 7) is 2.04. The topological polar surface area (TPSA) is 74.9 Å². The molecule has 0 aromatic heterocycles. The van der Waals surface area contributed by atoms with Crippen molar-refractivity contribution in [3.05, 3.63) is 70.5 Å². The molecule has 3 N–H and O–H groups in total. The molecule has 2 amide bonds. The van der Waals surface area contributed by atoms with E-state index in [9.17, 15) is 35.5 Å². The highest BCUT2D eigenvalue weighted by atomic mass is 19.4. The van der Waals surface area contributed by atoms with Crippen molar-refractivity contribution in [2.45, 2.75) is 43.9 Å². The van der Waals surface area contributed by atoms with Crippen molar-refractivity contribution < 1.29 is 45.0 Å². The summed E-state index contributed by atoms with van der Waals surface area (Å²) < 4.78 is 105. The SMILES string of the molecule is C[C@@H](O[C@H]1OCCN(CC2NNC(=O)N2)[C@H]1c1ccc(F)cc1)c1cc(C(F)(F)F)cc(C(F)(F)F)c1. The molecular weight excluding hydrogens is 513 g/mol. The molecule has 2 heterocycles. The van der Waals surface area contributed by atoms with E-state index in [1.54, 1.807) is 0 Å². The fraction of sp³-hybridized carbons (Fsp3) is 0.435. The first-order valence-electron chi connectivity index (χ1n) is 11.2. The van der Waals surface area contributed by atoms with Crippen LogP contribution in [0, 0.1) is 5.82 Å². The number of urea groups is 1. The van der Waals surface area contributed by atoms with E-state index in [1.807, 2.05) is 4.90 Å². The summed E-state index contributed by atoms with van der Waals surface area (Å²) in [5.74, 6) is -0.504. The Morgan fingerprint density at radius 2 is 1.68 bits per heavy atom. The quantitative estimate of drug-likeness (QED) is 0.475. The van der Waals surface area contributed by atoms with Crippen molar-refractivity contribution in [1.82, 2.24) is 21.1 Å². The lowest BCUT2D eigenvalue weighted by Gasteiger charge is -2.42. The third kappa shape index (κ3) is 6.50. The van der Waals surface area contributed by atoms with Crippen molar-refractivity contribution in [3.63, 3.8) is 0 Å². The van der Waals surface area contributed by atoms with Crippen LogP contribution in [0.1, 0.15) is 41.3 Å². The lowest BCUT2D eigenvalue weighted by atomic mass is 10.0. The van der Waals surface area contributed by atoms with Crippen LogP contribution in [0.3, 0.4) is 0 Å². The number of nitrogens with one attached hydrogen (secondary N) is 3. The average molecular weight is 536 g/mol. The van der Waals surface area contributed by atoms with E-state index in [0.717, 1.165) is 0 Å². The van der Waals surface area contributed by atoms with Gasteiger partial charge >= 0.3 is 18.4 Å². The molecule has 0 aliphatic carbocycles. The van der Waals surface area contributed by atoms with Crippen molar-refractivity contribution >= 4 is 6.03 Å². The summed E-state index contributed by atoms with van der Waals surface area (Å²) >= 11 is 0. The number of hydrogen-bond acceptors (Lipinski definition) is 5. The van der Waals surface area contributed by atoms with Gasteiger partial charge in [-0.25, -0.2) is 14.6 Å². The third-order valence-corrected chi connectivity index (χ3v) is 6.02. The highest BCUT2D eigenvalue weighted by Gasteiger charge is 2.40. The second-order valence-corrected chi connectivity index (χ2v) is 8.64. The predicted molar refractivity (Wildman–Crippen MR) is 115 cm³/mol. The van der Waals surface area contributed by atoms with Gasteiger partial charge in [0.25, 0.3) is 0 Å². The molecule has 0 radical (unpaired) electrons. The van der Waals surface area contributed by atoms with Gasteiger partial charge < -0.3 is 14.8 Å². The molecule has 7 nitrogen and oxygen atoms in total. The maximum absolute atomic E-state index is 13.6. The van der Waals surface area contributed by atoms with Crippen LogP contribution < -0.4 is 16.2 Å². The average Bonchev–Trinajstić information content (AvgIpc) is 3.23. The molecule has 2 fully saturated rings. The Balaban J connectivity index is 1.63. The van der Waals surface area contributed by atoms with Gasteiger partial charge in [-0.1, -0.05) is 12.1 Å². The van der Waals surface area contributed by atoms with Crippen LogP contribution in [0.2, 0.25) is 0 Å². The van der Waals surface area contributed by atoms with Crippen LogP contribution >= 0.6 is 0 Å². The van der Waals surface area contributed by atoms with Gasteiger partial charge in [0.1, 0.15) is 12.0 Å². The molecule has 2 aliphatic rings. The number of morpholine rings is 1. The number of halogens is 7. The Hall–Kier alpha value is -2.94. The lowest BCUT2D eigenvalue weighted by Crippen LogP contribution is -2.52. The summed E-state index contributed by atoms with van der Waals surface area (Å²) in [4.78, 5) is 13.3. The largest absolute Gasteiger partial charge is 0.416 e. The van der Waals surface area contributed by atoms with Crippen molar-refractivity contribution in [2.75, 3.05) is 19.7 Å². The van der Waals surface area contributed by atoms with E-state index in [2.05, 4.69) is 16.2 Å². The molecule has 4 atom stereocenters. The Kier molecular flexibility index (Phi) is 7.65. The van der Waals surface area contributed by atoms with Gasteiger partial charge in [0, 0.05) is 13.1 Å². The number of ether oxygens (including phenoxy) is 2. The minimum Gasteiger partial charge on any atom is -0.349 e. The molecule has 4 rings (SSSR count). The van der Waals surface area contributed by atoms with Crippen molar-refractivity contribution in [3.8, 4) is 0 Å². The summed E-state index contributed by atoms with van der Waals surface area (Å²) in [6, 6.07) is 5.49. The number of nitrogens with zero attached hydrogens (tertiary/aromatic N) is 1. The summed E-state index contributed by atoms with van der Waals surface area (Å²) in [7, 11) is 0. The first-order chi connectivity index (χ1) is 17.3. The summed E-state index contributed by atoms with van der Waals surface area (Å²) in [5.41, 5.74) is 2.44. The number of carbonyl (C=O) groups excluding carboxylic acids is 1. The highest BCUT2D eigenvalue weighted by Crippen LogP contribution is 2.39. The number of hydrogen-bond donors (Lipinski definition) is 3. The number of amides is 2. The van der Waals surface area contributed by atoms with Crippen molar-refractivity contribution in [1.29, 1.82) is 0 Å². The molecule has 202 valence electrons. The van der Waals surface area contributed by atoms with Gasteiger partial charge in [-0.3, -0.25) is 10.3 Å². The number of benzene rings is 2. The second-order valence-electron chi connectivity index (χ2n) is 8.64. The molecule has 2 aromatic carbocycles. The summed E-state index contributed by atoms with van der Waals surface area (Å²) in [5, 5.41) is 2.65. The van der Waals surface area contributed by atoms with Gasteiger partial charge in [0.15, 0.2) is 6.29 Å². The van der Waals surface area contributed by atoms with Crippen LogP contribution in [-0.4, -0.2) is 43.1 Å². The molecule has 1 unspecified atom stereocenters. The predicted octanol–water partition coefficient (Wildman–Crippen LogP) is 4.48. The Morgan fingerprint density at radius 1 is 1.05 bits per heavy atom. The minimum absolute atomic E-state index is 0.0489. The fourth-order valence-corrected chi connectivity index (χ4v) is 4.24. The third-order valence-electron chi connectivity index (χ3n) is 6.02. The molecule has 0 saturated carbocycles. The molecule has 37 heavy (non-hydrogen) atoms. The van der Waals surface area contributed by atoms with E-state index in [1.165, 1.54) is 31.2 Å². The standard InChI is InChI=1S/C23H23F7N4O3/c1-12(14-8-15(22(25,26)27)10-16(9-14)23(28,29)30)37-20-19(13-2-4-17(24)5-3-13)34(6-7-36-20)11-18-31-21(35)33-32-18/h2-5,8-10,12,18-20,32H,6-7,11H2,1H3,(H2,31,33,35)/t12-,18?,19+,20-/m1/s1. The van der Waals surface area contributed by atoms with Gasteiger partial charge in [-0.15, -0.1) is 0 Å². The Bertz CT molecular complexity index is 1080. The van der Waals surface area contributed by atoms with E-state index in [4.69, 9.17) is 9.47 Å². The van der Waals surface area contributed by atoms with Crippen LogP contribution in [0.25, 0.3) is 0 Å². The van der Waals surface area contributed by atoms with E-state index < -0.39 is 59.9 Å². The van der Waals surface area contributed by atoms with E-state index in [-0.39, 0.29) is 24.8 Å². The second kappa shape index (κ2) is 10.4. The van der Waals surface area contributed by atoms with Crippen LogP contribution in [-0.2, 0) is 21.8 Å². The van der Waals surface area contributed by atoms with Crippen LogP contribution in [0.15, 0.2) is 42.5 Å². The number of rotatable bonds is 6. The molecule has 2 aromatic rings. The van der Waals surface area contributed by atoms with Gasteiger partial charge in [0.2, 0.25) is 0 Å². The van der Waals surface area contributed by atoms with Crippen LogP contribution in [0.4, 0.5) is 35.5 Å². The Labute approximate surface area is 206 Å². The molecular formula is C23H23F7N4O3. The number of carbonyl (C=O) groups is 1. The number of alkyl halides is 6. The van der Waals surface area contributed by atoms with Gasteiger partial charge in [-0.2, -0.15) is 26.3 Å². The highest BCUT2D eigenvalue weighted by molar-refractivity contribution is 5.75. The maximum atomic E-state index is 13.6. The Morgan fingerprint density at radius 3 is 2.22 bits per heavy atom. The molecule has 2 saturated heterocycles. The lowest BCUT2D eigenvalue weighted by molar-refractivity contribution is -0.230.